The molecule has 4 aromatic carbocycles. The molecule has 0 saturated carbocycles. The van der Waals surface area contributed by atoms with Crippen LogP contribution in [0.15, 0.2) is 12.1 Å². The second-order valence-electron chi connectivity index (χ2n) is 15.1. The number of aromatic amines is 2. The Labute approximate surface area is 383 Å². The van der Waals surface area contributed by atoms with Gasteiger partial charge in [-0.15, -0.1) is 11.8 Å². The van der Waals surface area contributed by atoms with Crippen LogP contribution in [-0.2, 0) is 4.93 Å². The monoisotopic (exact) mass is 1030 g/mol. The van der Waals surface area contributed by atoms with Gasteiger partial charge in [0.2, 0.25) is 34.9 Å². The van der Waals surface area contributed by atoms with Crippen molar-refractivity contribution >= 4 is 52.9 Å². The largest absolute Gasteiger partial charge is 0.459 e. The number of aromatic nitrogens is 4. The molecule has 0 radical (unpaired) electrons. The molecule has 0 spiro atoms. The van der Waals surface area contributed by atoms with E-state index in [0.717, 1.165) is 6.26 Å². The van der Waals surface area contributed by atoms with E-state index < -0.39 is 217 Å². The average molecular weight is 1030 g/mol. The van der Waals surface area contributed by atoms with Crippen LogP contribution in [0.2, 0.25) is 0 Å². The van der Waals surface area contributed by atoms with Crippen molar-refractivity contribution in [3.63, 3.8) is 0 Å². The van der Waals surface area contributed by atoms with Gasteiger partial charge >= 0.3 is 0 Å². The van der Waals surface area contributed by atoms with Gasteiger partial charge in [-0.1, -0.05) is 0 Å². The molecule has 26 heteroatoms. The summed E-state index contributed by atoms with van der Waals surface area (Å²) in [6.45, 7) is 0. The van der Waals surface area contributed by atoms with Crippen LogP contribution in [0.5, 0.6) is 5.75 Å². The van der Waals surface area contributed by atoms with E-state index in [1.807, 2.05) is 0 Å². The molecule has 0 saturated heterocycles. The Morgan fingerprint density at radius 1 is 0.394 bits per heavy atom. The first kappa shape index (κ1) is 46.9. The standard InChI is InChI=1S/C45H11F19N4O2S/c1-71-45-43-17(21-28(52)35(59)39(63)40(64)42(21)70-45)13-7-5-11(67-13)15(19-24(48)31(55)37(61)32(56)25(19)49)9-3-2-8(65-9)14(18-22(46)29(53)36(60)30(54)23(18)47)10-4-6-12(66-10)16(41(68-43)44(45)69)20-26(50)33(57)38(62)34(58)27(20)51/h2-7,65,68H,1H3/t45-/m1/s1. The number of thioether (sulfide) groups is 1. The smallest absolute Gasteiger partial charge is 0.259 e. The number of nitrogens with zero attached hydrogens (tertiary/aromatic N) is 2. The number of ketones is 1. The number of carbonyl (C=O) groups excluding carboxylic acids is 1. The minimum absolute atomic E-state index is 0.130. The van der Waals surface area contributed by atoms with Gasteiger partial charge in [-0.2, -0.15) is 4.39 Å². The normalized spacial score (nSPS) is 15.2. The molecule has 0 unspecified atom stereocenters. The van der Waals surface area contributed by atoms with Crippen LogP contribution >= 0.6 is 11.8 Å². The molecular formula is C45H11F19N4O2S. The molecule has 6 aromatic rings. The summed E-state index contributed by atoms with van der Waals surface area (Å²) in [4.78, 5) is 24.3. The fourth-order valence-corrected chi connectivity index (χ4v) is 9.17. The summed E-state index contributed by atoms with van der Waals surface area (Å²) in [6, 6.07) is 1.27. The van der Waals surface area contributed by atoms with Crippen LogP contribution in [0, 0.1) is 111 Å². The lowest BCUT2D eigenvalue weighted by Crippen LogP contribution is -2.38. The van der Waals surface area contributed by atoms with Gasteiger partial charge in [0.25, 0.3) is 4.93 Å². The van der Waals surface area contributed by atoms with Gasteiger partial charge in [0.05, 0.1) is 56.4 Å². The van der Waals surface area contributed by atoms with Crippen LogP contribution in [0.3, 0.4) is 0 Å². The average Bonchev–Trinajstić information content (AvgIpc) is 4.20. The number of rotatable bonds is 4. The number of H-pyrrole nitrogens is 2. The topological polar surface area (TPSA) is 83.7 Å². The third kappa shape index (κ3) is 6.17. The molecule has 0 amide bonds. The van der Waals surface area contributed by atoms with Crippen LogP contribution in [-0.4, -0.2) is 32.0 Å². The Kier molecular flexibility index (Phi) is 10.5. The van der Waals surface area contributed by atoms with Gasteiger partial charge in [-0.25, -0.2) is 89.0 Å². The van der Waals surface area contributed by atoms with Gasteiger partial charge in [0, 0.05) is 33.3 Å². The molecule has 4 aliphatic rings. The quantitative estimate of drug-likeness (QED) is 0.104. The zero-order valence-electron chi connectivity index (χ0n) is 33.8. The Hall–Kier alpha value is -7.77. The number of fused-ring (bicyclic) bond motifs is 10. The molecule has 0 aliphatic carbocycles. The first-order valence-corrected chi connectivity index (χ1v) is 20.4. The van der Waals surface area contributed by atoms with E-state index in [2.05, 4.69) is 19.9 Å². The van der Waals surface area contributed by atoms with Crippen molar-refractivity contribution < 1.29 is 92.9 Å². The zero-order valence-corrected chi connectivity index (χ0v) is 34.6. The number of benzene rings is 4. The van der Waals surface area contributed by atoms with Gasteiger partial charge in [-0.05, 0) is 42.7 Å². The second kappa shape index (κ2) is 15.9. The first-order valence-electron chi connectivity index (χ1n) is 19.2. The summed E-state index contributed by atoms with van der Waals surface area (Å²) in [6.07, 6.45) is 3.31. The molecule has 71 heavy (non-hydrogen) atoms. The Morgan fingerprint density at radius 3 is 1.08 bits per heavy atom. The summed E-state index contributed by atoms with van der Waals surface area (Å²) in [7, 11) is 0. The molecule has 2 aromatic heterocycles. The highest BCUT2D eigenvalue weighted by molar-refractivity contribution is 8.00. The highest BCUT2D eigenvalue weighted by Crippen LogP contribution is 2.57. The van der Waals surface area contributed by atoms with E-state index in [-0.39, 0.29) is 11.8 Å². The summed E-state index contributed by atoms with van der Waals surface area (Å²) < 4.78 is 298. The van der Waals surface area contributed by atoms with Gasteiger partial charge < -0.3 is 14.7 Å². The van der Waals surface area contributed by atoms with E-state index >= 15 is 70.2 Å². The Bertz CT molecular complexity index is 3740. The number of hydrogen-bond acceptors (Lipinski definition) is 5. The molecular weight excluding hydrogens is 1020 g/mol. The lowest BCUT2D eigenvalue weighted by Gasteiger charge is -2.34. The third-order valence-corrected chi connectivity index (χ3v) is 12.6. The number of Topliss-reactive ketones (excluding diaryl/α,β-unsaturated/α-hetero) is 1. The van der Waals surface area contributed by atoms with E-state index in [1.165, 1.54) is 0 Å². The van der Waals surface area contributed by atoms with E-state index in [9.17, 15) is 18.0 Å². The number of hydrogen-bond donors (Lipinski definition) is 2. The van der Waals surface area contributed by atoms with Crippen molar-refractivity contribution in [2.24, 2.45) is 0 Å². The predicted molar refractivity (Wildman–Crippen MR) is 211 cm³/mol. The summed E-state index contributed by atoms with van der Waals surface area (Å²) in [5.41, 5.74) is -21.2. The molecule has 8 bridgehead atoms. The van der Waals surface area contributed by atoms with Crippen molar-refractivity contribution in [2.45, 2.75) is 4.93 Å². The lowest BCUT2D eigenvalue weighted by atomic mass is 9.92. The molecule has 0 fully saturated rings. The van der Waals surface area contributed by atoms with Crippen LogP contribution < -0.4 is 4.74 Å². The molecule has 1 atom stereocenters. The maximum absolute atomic E-state index is 16.2. The summed E-state index contributed by atoms with van der Waals surface area (Å²) >= 11 is 0.130. The SMILES string of the molecule is CS[C@]12Oc3c(F)c(F)c(F)c(F)c3-c3c4nc(c(-c5c(F)c(F)c(F)c(F)c5F)c5ccc([nH]5)c(-c5c(F)c(F)c(F)c(F)c5F)c5nc(c(-c6c(F)c(F)c(F)c(F)c6F)c([nH]c31)C2=O)C=C5)C=C4. The van der Waals surface area contributed by atoms with Gasteiger partial charge in [0.1, 0.15) is 0 Å². The lowest BCUT2D eigenvalue weighted by molar-refractivity contribution is 0.0724. The number of ether oxygens (including phenoxy) is 1. The van der Waals surface area contributed by atoms with Crippen molar-refractivity contribution in [2.75, 3.05) is 6.26 Å². The molecule has 10 rings (SSSR count). The van der Waals surface area contributed by atoms with Crippen molar-refractivity contribution in [3.05, 3.63) is 157 Å². The van der Waals surface area contributed by atoms with Crippen LogP contribution in [0.4, 0.5) is 83.4 Å². The summed E-state index contributed by atoms with van der Waals surface area (Å²) in [5, 5.41) is 0. The third-order valence-electron chi connectivity index (χ3n) is 11.5. The van der Waals surface area contributed by atoms with Crippen molar-refractivity contribution in [1.82, 2.24) is 19.9 Å². The molecule has 4 aliphatic heterocycles. The second-order valence-corrected chi connectivity index (χ2v) is 16.1. The number of halogens is 19. The predicted octanol–water partition coefficient (Wildman–Crippen LogP) is 13.5. The maximum Gasteiger partial charge on any atom is 0.259 e. The van der Waals surface area contributed by atoms with Crippen LogP contribution in [0.1, 0.15) is 39.0 Å². The molecule has 6 nitrogen and oxygen atoms in total. The number of carbonyl (C=O) groups is 1. The molecule has 362 valence electrons. The Balaban J connectivity index is 1.53. The minimum Gasteiger partial charge on any atom is -0.459 e. The van der Waals surface area contributed by atoms with Gasteiger partial charge in [-0.3, -0.25) is 4.79 Å². The fraction of sp³-hybridized carbons (Fsp3) is 0.0444. The highest BCUT2D eigenvalue weighted by atomic mass is 32.2. The van der Waals surface area contributed by atoms with E-state index in [0.29, 0.717) is 36.4 Å². The molecule has 2 N–H and O–H groups in total. The van der Waals surface area contributed by atoms with Gasteiger partial charge in [0.15, 0.2) is 87.2 Å². The minimum atomic E-state index is -3.12. The van der Waals surface area contributed by atoms with E-state index in [1.54, 1.807) is 0 Å². The molecule has 6 heterocycles. The summed E-state index contributed by atoms with van der Waals surface area (Å²) in [5.74, 6) is -53.4. The fourth-order valence-electron chi connectivity index (χ4n) is 8.36. The zero-order chi connectivity index (χ0) is 51.3. The van der Waals surface area contributed by atoms with Crippen molar-refractivity contribution in [1.29, 1.82) is 0 Å². The van der Waals surface area contributed by atoms with Crippen molar-refractivity contribution in [3.8, 4) is 50.3 Å². The maximum atomic E-state index is 16.2. The van der Waals surface area contributed by atoms with Crippen LogP contribution in [0.25, 0.3) is 79.8 Å². The highest BCUT2D eigenvalue weighted by Gasteiger charge is 2.56. The van der Waals surface area contributed by atoms with E-state index in [4.69, 9.17) is 4.74 Å². The first-order chi connectivity index (χ1) is 33.5. The number of nitrogens with one attached hydrogen (secondary N) is 2. The Morgan fingerprint density at radius 2 is 0.704 bits per heavy atom.